The van der Waals surface area contributed by atoms with Crippen LogP contribution in [-0.4, -0.2) is 48.1 Å². The maximum absolute atomic E-state index is 14.0. The summed E-state index contributed by atoms with van der Waals surface area (Å²) in [4.78, 5) is 27.2. The Morgan fingerprint density at radius 1 is 1.23 bits per heavy atom. The third kappa shape index (κ3) is 3.68. The largest absolute Gasteiger partial charge is 0.507 e. The van der Waals surface area contributed by atoms with Gasteiger partial charge in [0.25, 0.3) is 11.7 Å². The number of methoxy groups -OCH3 is 1. The smallest absolute Gasteiger partial charge is 0.295 e. The fourth-order valence-corrected chi connectivity index (χ4v) is 4.00. The highest BCUT2D eigenvalue weighted by atomic mass is 19.1. The molecule has 0 bridgehead atoms. The lowest BCUT2D eigenvalue weighted by Crippen LogP contribution is -2.36. The minimum atomic E-state index is -0.896. The third-order valence-electron chi connectivity index (χ3n) is 5.49. The minimum Gasteiger partial charge on any atom is -0.507 e. The second-order valence-corrected chi connectivity index (χ2v) is 7.37. The Hall–Kier alpha value is -3.19. The highest BCUT2D eigenvalue weighted by molar-refractivity contribution is 6.46. The summed E-state index contributed by atoms with van der Waals surface area (Å²) in [5.74, 6) is -1.72. The monoisotopic (exact) mass is 411 g/mol. The highest BCUT2D eigenvalue weighted by Crippen LogP contribution is 2.40. The molecular weight excluding hydrogens is 389 g/mol. The maximum atomic E-state index is 14.0. The van der Waals surface area contributed by atoms with E-state index in [-0.39, 0.29) is 24.0 Å². The van der Waals surface area contributed by atoms with Gasteiger partial charge in [0.1, 0.15) is 17.3 Å². The summed E-state index contributed by atoms with van der Waals surface area (Å²) >= 11 is 0. The van der Waals surface area contributed by atoms with E-state index in [1.54, 1.807) is 30.3 Å². The number of ketones is 1. The molecule has 2 unspecified atom stereocenters. The second-order valence-electron chi connectivity index (χ2n) is 7.37. The number of amides is 1. The molecule has 2 atom stereocenters. The fourth-order valence-electron chi connectivity index (χ4n) is 4.00. The molecule has 2 aliphatic heterocycles. The number of carbonyl (C=O) groups is 2. The lowest BCUT2D eigenvalue weighted by Gasteiger charge is -2.27. The number of aliphatic hydroxyl groups excluding tert-OH is 1. The summed E-state index contributed by atoms with van der Waals surface area (Å²) in [5.41, 5.74) is 0.725. The van der Waals surface area contributed by atoms with Crippen LogP contribution in [0, 0.1) is 5.82 Å². The molecule has 0 spiro atoms. The van der Waals surface area contributed by atoms with Crippen molar-refractivity contribution in [1.82, 2.24) is 4.90 Å². The van der Waals surface area contributed by atoms with E-state index in [0.717, 1.165) is 12.8 Å². The van der Waals surface area contributed by atoms with Crippen LogP contribution < -0.4 is 4.74 Å². The number of carbonyl (C=O) groups excluding carboxylic acids is 2. The number of benzene rings is 2. The first kappa shape index (κ1) is 20.1. The van der Waals surface area contributed by atoms with Gasteiger partial charge in [-0.2, -0.15) is 0 Å². The van der Waals surface area contributed by atoms with E-state index < -0.39 is 23.5 Å². The standard InChI is InChI=1S/C23H22FNO5/c1-29-17-9-7-14(8-10-17)21(26)19-20(15-4-2-5-16(24)12-15)25(23(28)22(19)27)13-18-6-3-11-30-18/h2,4-5,7-10,12,18,20,26H,3,6,11,13H2,1H3/b21-19-. The lowest BCUT2D eigenvalue weighted by molar-refractivity contribution is -0.140. The average molecular weight is 411 g/mol. The summed E-state index contributed by atoms with van der Waals surface area (Å²) in [7, 11) is 1.52. The topological polar surface area (TPSA) is 76.1 Å². The van der Waals surface area contributed by atoms with Gasteiger partial charge in [-0.15, -0.1) is 0 Å². The Morgan fingerprint density at radius 2 is 2.00 bits per heavy atom. The van der Waals surface area contributed by atoms with Crippen molar-refractivity contribution in [3.05, 3.63) is 71.0 Å². The molecule has 2 aromatic rings. The first-order valence-electron chi connectivity index (χ1n) is 9.79. The third-order valence-corrected chi connectivity index (χ3v) is 5.49. The Kier molecular flexibility index (Phi) is 5.55. The number of ether oxygens (including phenoxy) is 2. The van der Waals surface area contributed by atoms with Crippen molar-refractivity contribution in [3.63, 3.8) is 0 Å². The number of hydrogen-bond acceptors (Lipinski definition) is 5. The van der Waals surface area contributed by atoms with Gasteiger partial charge in [0.05, 0.1) is 24.8 Å². The van der Waals surface area contributed by atoms with Crippen molar-refractivity contribution in [3.8, 4) is 5.75 Å². The molecule has 2 fully saturated rings. The number of nitrogens with zero attached hydrogens (tertiary/aromatic N) is 1. The van der Waals surface area contributed by atoms with Crippen LogP contribution >= 0.6 is 0 Å². The van der Waals surface area contributed by atoms with Crippen LogP contribution in [0.4, 0.5) is 4.39 Å². The summed E-state index contributed by atoms with van der Waals surface area (Å²) in [6.45, 7) is 0.802. The molecule has 0 radical (unpaired) electrons. The molecule has 0 aromatic heterocycles. The van der Waals surface area contributed by atoms with Crippen LogP contribution in [0.25, 0.3) is 5.76 Å². The summed E-state index contributed by atoms with van der Waals surface area (Å²) in [5, 5.41) is 11.0. The SMILES string of the molecule is COc1ccc(/C(O)=C2/C(=O)C(=O)N(CC3CCCO3)C2c2cccc(F)c2)cc1. The normalized spacial score (nSPS) is 23.2. The Balaban J connectivity index is 1.81. The molecule has 1 N–H and O–H groups in total. The molecular formula is C23H22FNO5. The number of halogens is 1. The number of likely N-dealkylation sites (tertiary alicyclic amines) is 1. The van der Waals surface area contributed by atoms with E-state index in [1.165, 1.54) is 30.2 Å². The fraction of sp³-hybridized carbons (Fsp3) is 0.304. The molecule has 2 aliphatic rings. The van der Waals surface area contributed by atoms with Gasteiger partial charge in [0.2, 0.25) is 0 Å². The van der Waals surface area contributed by atoms with Gasteiger partial charge in [-0.1, -0.05) is 12.1 Å². The molecule has 2 saturated heterocycles. The zero-order valence-corrected chi connectivity index (χ0v) is 16.5. The minimum absolute atomic E-state index is 0.0613. The molecule has 7 heteroatoms. The molecule has 4 rings (SSSR count). The molecule has 156 valence electrons. The Bertz CT molecular complexity index is 995. The van der Waals surface area contributed by atoms with E-state index in [9.17, 15) is 19.1 Å². The summed E-state index contributed by atoms with van der Waals surface area (Å²) in [6.07, 6.45) is 1.46. The van der Waals surface area contributed by atoms with E-state index in [0.29, 0.717) is 23.5 Å². The highest BCUT2D eigenvalue weighted by Gasteiger charge is 2.47. The van der Waals surface area contributed by atoms with E-state index >= 15 is 0 Å². The van der Waals surface area contributed by atoms with Crippen molar-refractivity contribution < 1.29 is 28.6 Å². The predicted octanol–water partition coefficient (Wildman–Crippen LogP) is 3.44. The summed E-state index contributed by atoms with van der Waals surface area (Å²) in [6, 6.07) is 11.3. The summed E-state index contributed by atoms with van der Waals surface area (Å²) < 4.78 is 24.7. The molecule has 0 saturated carbocycles. The number of rotatable bonds is 5. The van der Waals surface area contributed by atoms with Crippen molar-refractivity contribution >= 4 is 17.4 Å². The predicted molar refractivity (Wildman–Crippen MR) is 107 cm³/mol. The van der Waals surface area contributed by atoms with E-state index in [2.05, 4.69) is 0 Å². The first-order valence-corrected chi connectivity index (χ1v) is 9.79. The number of Topliss-reactive ketones (excluding diaryl/α,β-unsaturated/α-hetero) is 1. The van der Waals surface area contributed by atoms with Gasteiger partial charge in [-0.05, 0) is 54.8 Å². The van der Waals surface area contributed by atoms with E-state index in [1.807, 2.05) is 0 Å². The van der Waals surface area contributed by atoms with Crippen molar-refractivity contribution in [1.29, 1.82) is 0 Å². The zero-order chi connectivity index (χ0) is 21.3. The van der Waals surface area contributed by atoms with Crippen LogP contribution in [-0.2, 0) is 14.3 Å². The van der Waals surface area contributed by atoms with Gasteiger partial charge in [0, 0.05) is 18.7 Å². The van der Waals surface area contributed by atoms with Gasteiger partial charge >= 0.3 is 0 Å². The van der Waals surface area contributed by atoms with Crippen LogP contribution in [0.1, 0.15) is 30.0 Å². The molecule has 2 heterocycles. The van der Waals surface area contributed by atoms with Gasteiger partial charge < -0.3 is 19.5 Å². The van der Waals surface area contributed by atoms with E-state index in [4.69, 9.17) is 9.47 Å². The first-order chi connectivity index (χ1) is 14.5. The Morgan fingerprint density at radius 3 is 2.63 bits per heavy atom. The zero-order valence-electron chi connectivity index (χ0n) is 16.5. The molecule has 6 nitrogen and oxygen atoms in total. The molecule has 1 amide bonds. The van der Waals surface area contributed by atoms with Crippen molar-refractivity contribution in [2.45, 2.75) is 25.0 Å². The number of hydrogen-bond donors (Lipinski definition) is 1. The van der Waals surface area contributed by atoms with Gasteiger partial charge in [0.15, 0.2) is 0 Å². The lowest BCUT2D eigenvalue weighted by atomic mass is 9.95. The number of aliphatic hydroxyl groups is 1. The van der Waals surface area contributed by atoms with Gasteiger partial charge in [-0.3, -0.25) is 9.59 Å². The molecule has 2 aromatic carbocycles. The van der Waals surface area contributed by atoms with Crippen LogP contribution in [0.5, 0.6) is 5.75 Å². The molecule has 30 heavy (non-hydrogen) atoms. The van der Waals surface area contributed by atoms with Crippen LogP contribution in [0.2, 0.25) is 0 Å². The van der Waals surface area contributed by atoms with Gasteiger partial charge in [-0.25, -0.2) is 4.39 Å². The Labute approximate surface area is 173 Å². The van der Waals surface area contributed by atoms with Crippen molar-refractivity contribution in [2.24, 2.45) is 0 Å². The van der Waals surface area contributed by atoms with Crippen LogP contribution in [0.3, 0.4) is 0 Å². The molecule has 0 aliphatic carbocycles. The van der Waals surface area contributed by atoms with Crippen molar-refractivity contribution in [2.75, 3.05) is 20.3 Å². The average Bonchev–Trinajstić information content (AvgIpc) is 3.36. The maximum Gasteiger partial charge on any atom is 0.295 e. The second kappa shape index (κ2) is 8.28. The van der Waals surface area contributed by atoms with Crippen LogP contribution in [0.15, 0.2) is 54.1 Å². The quantitative estimate of drug-likeness (QED) is 0.463.